The van der Waals surface area contributed by atoms with Crippen molar-refractivity contribution in [2.75, 3.05) is 13.2 Å². The normalized spacial score (nSPS) is 10.9. The second-order valence-corrected chi connectivity index (χ2v) is 4.04. The van der Waals surface area contributed by atoms with Gasteiger partial charge >= 0.3 is 17.6 Å². The van der Waals surface area contributed by atoms with E-state index in [0.29, 0.717) is 5.02 Å². The van der Waals surface area contributed by atoms with E-state index < -0.39 is 17.6 Å². The molecular formula is C13H14ClFO4. The van der Waals surface area contributed by atoms with Gasteiger partial charge < -0.3 is 9.47 Å². The maximum absolute atomic E-state index is 14.8. The lowest BCUT2D eigenvalue weighted by Gasteiger charge is -2.21. The summed E-state index contributed by atoms with van der Waals surface area (Å²) in [6.07, 6.45) is 0. The van der Waals surface area contributed by atoms with Crippen molar-refractivity contribution in [3.63, 3.8) is 0 Å². The van der Waals surface area contributed by atoms with Crippen molar-refractivity contribution in [2.24, 2.45) is 0 Å². The van der Waals surface area contributed by atoms with Crippen LogP contribution in [0.25, 0.3) is 0 Å². The van der Waals surface area contributed by atoms with Gasteiger partial charge in [0.15, 0.2) is 0 Å². The van der Waals surface area contributed by atoms with Crippen molar-refractivity contribution in [1.29, 1.82) is 0 Å². The first kappa shape index (κ1) is 15.4. The van der Waals surface area contributed by atoms with E-state index in [1.807, 2.05) is 0 Å². The van der Waals surface area contributed by atoms with Crippen molar-refractivity contribution in [1.82, 2.24) is 0 Å². The summed E-state index contributed by atoms with van der Waals surface area (Å²) in [7, 11) is 0. The second-order valence-electron chi connectivity index (χ2n) is 3.61. The zero-order chi connectivity index (χ0) is 14.5. The van der Waals surface area contributed by atoms with Gasteiger partial charge in [-0.1, -0.05) is 23.7 Å². The Morgan fingerprint density at radius 2 is 1.53 bits per heavy atom. The van der Waals surface area contributed by atoms with Crippen molar-refractivity contribution in [3.8, 4) is 0 Å². The minimum Gasteiger partial charge on any atom is -0.463 e. The van der Waals surface area contributed by atoms with Crippen molar-refractivity contribution in [2.45, 2.75) is 19.5 Å². The molecule has 0 bridgehead atoms. The fourth-order valence-electron chi connectivity index (χ4n) is 1.46. The third-order valence-electron chi connectivity index (χ3n) is 2.36. The first-order valence-corrected chi connectivity index (χ1v) is 6.14. The van der Waals surface area contributed by atoms with Gasteiger partial charge in [-0.2, -0.15) is 0 Å². The predicted molar refractivity (Wildman–Crippen MR) is 67.5 cm³/mol. The van der Waals surface area contributed by atoms with Crippen molar-refractivity contribution in [3.05, 3.63) is 34.9 Å². The lowest BCUT2D eigenvalue weighted by atomic mass is 9.96. The average molecular weight is 289 g/mol. The Kier molecular flexibility index (Phi) is 5.30. The van der Waals surface area contributed by atoms with Crippen LogP contribution in [0, 0.1) is 0 Å². The number of hydrogen-bond acceptors (Lipinski definition) is 4. The SMILES string of the molecule is CCOC(=O)C(F)(C(=O)OCC)c1ccc(Cl)cc1. The highest BCUT2D eigenvalue weighted by Gasteiger charge is 2.51. The molecular weight excluding hydrogens is 275 g/mol. The highest BCUT2D eigenvalue weighted by Crippen LogP contribution is 2.30. The van der Waals surface area contributed by atoms with Crippen molar-refractivity contribution < 1.29 is 23.5 Å². The molecule has 0 aliphatic carbocycles. The average Bonchev–Trinajstić information content (AvgIpc) is 2.39. The molecule has 0 fully saturated rings. The van der Waals surface area contributed by atoms with E-state index in [2.05, 4.69) is 9.47 Å². The summed E-state index contributed by atoms with van der Waals surface area (Å²) in [6.45, 7) is 2.95. The number of alkyl halides is 1. The smallest absolute Gasteiger partial charge is 0.360 e. The number of benzene rings is 1. The van der Waals surface area contributed by atoms with Crippen LogP contribution < -0.4 is 0 Å². The van der Waals surface area contributed by atoms with Gasteiger partial charge in [0, 0.05) is 10.6 Å². The molecule has 0 amide bonds. The van der Waals surface area contributed by atoms with Crippen LogP contribution in [0.3, 0.4) is 0 Å². The van der Waals surface area contributed by atoms with Gasteiger partial charge in [-0.25, -0.2) is 14.0 Å². The Morgan fingerprint density at radius 3 is 1.89 bits per heavy atom. The molecule has 0 aromatic heterocycles. The number of hydrogen-bond donors (Lipinski definition) is 0. The van der Waals surface area contributed by atoms with Crippen LogP contribution >= 0.6 is 11.6 Å². The van der Waals surface area contributed by atoms with Gasteiger partial charge in [-0.15, -0.1) is 0 Å². The Labute approximate surface area is 115 Å². The molecule has 0 N–H and O–H groups in total. The number of ether oxygens (including phenoxy) is 2. The Hall–Kier alpha value is -1.62. The highest BCUT2D eigenvalue weighted by atomic mass is 35.5. The van der Waals surface area contributed by atoms with Crippen LogP contribution in [0.5, 0.6) is 0 Å². The molecule has 0 aliphatic heterocycles. The maximum atomic E-state index is 14.8. The van der Waals surface area contributed by atoms with Gasteiger partial charge in [0.05, 0.1) is 13.2 Å². The molecule has 0 heterocycles. The molecule has 0 aliphatic rings. The quantitative estimate of drug-likeness (QED) is 0.617. The minimum atomic E-state index is -2.98. The molecule has 104 valence electrons. The molecule has 0 radical (unpaired) electrons. The molecule has 0 atom stereocenters. The maximum Gasteiger partial charge on any atom is 0.360 e. The third-order valence-corrected chi connectivity index (χ3v) is 2.61. The van der Waals surface area contributed by atoms with E-state index in [4.69, 9.17) is 11.6 Å². The molecule has 6 heteroatoms. The fourth-order valence-corrected chi connectivity index (χ4v) is 1.59. The Balaban J connectivity index is 3.21. The van der Waals surface area contributed by atoms with Crippen LogP contribution in [0.4, 0.5) is 4.39 Å². The van der Waals surface area contributed by atoms with E-state index in [1.54, 1.807) is 0 Å². The number of rotatable bonds is 5. The molecule has 0 unspecified atom stereocenters. The van der Waals surface area contributed by atoms with Gasteiger partial charge in [-0.05, 0) is 26.0 Å². The second kappa shape index (κ2) is 6.52. The summed E-state index contributed by atoms with van der Waals surface area (Å²) >= 11 is 5.69. The highest BCUT2D eigenvalue weighted by molar-refractivity contribution is 6.30. The molecule has 0 spiro atoms. The third kappa shape index (κ3) is 3.23. The zero-order valence-electron chi connectivity index (χ0n) is 10.6. The molecule has 1 rings (SSSR count). The van der Waals surface area contributed by atoms with E-state index >= 15 is 0 Å². The molecule has 4 nitrogen and oxygen atoms in total. The van der Waals surface area contributed by atoms with Crippen LogP contribution in [0.2, 0.25) is 5.02 Å². The van der Waals surface area contributed by atoms with E-state index in [-0.39, 0.29) is 18.8 Å². The van der Waals surface area contributed by atoms with E-state index in [0.717, 1.165) is 0 Å². The lowest BCUT2D eigenvalue weighted by Crippen LogP contribution is -2.42. The van der Waals surface area contributed by atoms with Gasteiger partial charge in [0.25, 0.3) is 0 Å². The Morgan fingerprint density at radius 1 is 1.11 bits per heavy atom. The predicted octanol–water partition coefficient (Wildman–Crippen LogP) is 2.63. The van der Waals surface area contributed by atoms with Gasteiger partial charge in [0.1, 0.15) is 0 Å². The minimum absolute atomic E-state index is 0.0441. The fraction of sp³-hybridized carbons (Fsp3) is 0.385. The van der Waals surface area contributed by atoms with Gasteiger partial charge in [0.2, 0.25) is 0 Å². The standard InChI is InChI=1S/C13H14ClFO4/c1-3-18-11(16)13(15,12(17)19-4-2)9-5-7-10(14)8-6-9/h5-8H,3-4H2,1-2H3. The number of carbonyl (C=O) groups is 2. The lowest BCUT2D eigenvalue weighted by molar-refractivity contribution is -0.175. The molecule has 0 saturated carbocycles. The summed E-state index contributed by atoms with van der Waals surface area (Å²) < 4.78 is 24.0. The largest absolute Gasteiger partial charge is 0.463 e. The Bertz CT molecular complexity index is 440. The van der Waals surface area contributed by atoms with E-state index in [1.165, 1.54) is 38.1 Å². The molecule has 1 aromatic carbocycles. The van der Waals surface area contributed by atoms with Crippen LogP contribution in [0.15, 0.2) is 24.3 Å². The van der Waals surface area contributed by atoms with Crippen LogP contribution in [-0.2, 0) is 24.7 Å². The topological polar surface area (TPSA) is 52.6 Å². The zero-order valence-corrected chi connectivity index (χ0v) is 11.4. The summed E-state index contributed by atoms with van der Waals surface area (Å²) in [4.78, 5) is 23.5. The first-order chi connectivity index (χ1) is 8.96. The number of halogens is 2. The molecule has 19 heavy (non-hydrogen) atoms. The van der Waals surface area contributed by atoms with Crippen LogP contribution in [0.1, 0.15) is 19.4 Å². The monoisotopic (exact) mass is 288 g/mol. The summed E-state index contributed by atoms with van der Waals surface area (Å²) in [5.74, 6) is -2.59. The molecule has 1 aromatic rings. The summed E-state index contributed by atoms with van der Waals surface area (Å²) in [6, 6.07) is 5.25. The summed E-state index contributed by atoms with van der Waals surface area (Å²) in [5, 5.41) is 0.360. The summed E-state index contributed by atoms with van der Waals surface area (Å²) in [5.41, 5.74) is -3.15. The van der Waals surface area contributed by atoms with Gasteiger partial charge in [-0.3, -0.25) is 0 Å². The van der Waals surface area contributed by atoms with Crippen LogP contribution in [-0.4, -0.2) is 25.2 Å². The number of esters is 2. The molecule has 0 saturated heterocycles. The first-order valence-electron chi connectivity index (χ1n) is 5.76. The number of carbonyl (C=O) groups excluding carboxylic acids is 2. The van der Waals surface area contributed by atoms with E-state index in [9.17, 15) is 14.0 Å². The van der Waals surface area contributed by atoms with Crippen molar-refractivity contribution >= 4 is 23.5 Å².